The van der Waals surface area contributed by atoms with Crippen LogP contribution in [-0.4, -0.2) is 64.3 Å². The minimum absolute atomic E-state index is 0.0292. The Morgan fingerprint density at radius 3 is 2.43 bits per heavy atom. The molecule has 3 aromatic rings. The molecule has 2 aromatic carbocycles. The van der Waals surface area contributed by atoms with E-state index in [1.54, 1.807) is 25.1 Å². The van der Waals surface area contributed by atoms with Crippen LogP contribution in [0.3, 0.4) is 0 Å². The zero-order chi connectivity index (χ0) is 31.5. The van der Waals surface area contributed by atoms with Crippen molar-refractivity contribution in [3.05, 3.63) is 99.6 Å². The normalized spacial score (nSPS) is 20.7. The molecule has 10 heteroatoms. The van der Waals surface area contributed by atoms with Crippen LogP contribution in [0.25, 0.3) is 0 Å². The molecular formula is C34H38ClFN4O4. The predicted octanol–water partition coefficient (Wildman–Crippen LogP) is 5.43. The number of nitrogens with zero attached hydrogens (tertiary/aromatic N) is 4. The summed E-state index contributed by atoms with van der Waals surface area (Å²) in [7, 11) is 2.04. The molecule has 0 spiro atoms. The number of ether oxygens (including phenoxy) is 1. The molecule has 1 aliphatic carbocycles. The van der Waals surface area contributed by atoms with E-state index in [-0.39, 0.29) is 42.2 Å². The predicted molar refractivity (Wildman–Crippen MR) is 164 cm³/mol. The minimum Gasteiger partial charge on any atom is -0.396 e. The summed E-state index contributed by atoms with van der Waals surface area (Å²) in [4.78, 5) is 21.6. The van der Waals surface area contributed by atoms with Gasteiger partial charge in [-0.15, -0.1) is 0 Å². The molecular weight excluding hydrogens is 583 g/mol. The third-order valence-electron chi connectivity index (χ3n) is 9.11. The number of nitriles is 1. The Hall–Kier alpha value is -3.39. The van der Waals surface area contributed by atoms with E-state index in [2.05, 4.69) is 9.88 Å². The molecule has 3 heterocycles. The number of benzene rings is 2. The number of pyridine rings is 1. The smallest absolute Gasteiger partial charge is 0.257 e. The Balaban J connectivity index is 0.000000484. The van der Waals surface area contributed by atoms with Crippen LogP contribution in [0.4, 0.5) is 4.39 Å². The van der Waals surface area contributed by atoms with Crippen LogP contribution in [0.1, 0.15) is 71.6 Å². The number of aliphatic hydroxyl groups is 2. The topological polar surface area (TPSA) is 110 Å². The lowest BCUT2D eigenvalue weighted by Crippen LogP contribution is -2.40. The lowest BCUT2D eigenvalue weighted by molar-refractivity contribution is -0.0676. The number of halogens is 2. The molecule has 2 unspecified atom stereocenters. The molecule has 1 amide bonds. The molecule has 1 saturated carbocycles. The van der Waals surface area contributed by atoms with E-state index in [1.165, 1.54) is 17.2 Å². The number of fused-ring (bicyclic) bond motifs is 1. The Morgan fingerprint density at radius 2 is 1.89 bits per heavy atom. The molecule has 3 aliphatic rings. The Bertz CT molecular complexity index is 1500. The van der Waals surface area contributed by atoms with Gasteiger partial charge in [0.1, 0.15) is 11.9 Å². The first kappa shape index (κ1) is 32.0. The molecule has 6 rings (SSSR count). The van der Waals surface area contributed by atoms with Gasteiger partial charge in [-0.25, -0.2) is 4.39 Å². The first-order valence-corrected chi connectivity index (χ1v) is 15.3. The van der Waals surface area contributed by atoms with Crippen LogP contribution in [0, 0.1) is 28.5 Å². The van der Waals surface area contributed by atoms with Crippen molar-refractivity contribution in [1.82, 2.24) is 14.8 Å². The Morgan fingerprint density at radius 1 is 1.18 bits per heavy atom. The van der Waals surface area contributed by atoms with Crippen molar-refractivity contribution >= 4 is 17.5 Å². The van der Waals surface area contributed by atoms with E-state index in [1.807, 2.05) is 43.4 Å². The first-order valence-electron chi connectivity index (χ1n) is 14.9. The number of rotatable bonds is 8. The number of aromatic nitrogens is 1. The SMILES string of the molecule is CN1CCC(C(C)(O)c2cc(F)c3c(c2)C(=O)N(Cc2ccc(C#N)cn2)C3OCC2(CO)CC2)CC1.Clc1ccccc1. The first-order chi connectivity index (χ1) is 21.1. The third-order valence-corrected chi connectivity index (χ3v) is 9.36. The van der Waals surface area contributed by atoms with Crippen LogP contribution in [0.2, 0.25) is 5.02 Å². The lowest BCUT2D eigenvalue weighted by atomic mass is 9.77. The van der Waals surface area contributed by atoms with Crippen LogP contribution < -0.4 is 0 Å². The summed E-state index contributed by atoms with van der Waals surface area (Å²) >= 11 is 5.54. The number of hydrogen-bond acceptors (Lipinski definition) is 7. The minimum atomic E-state index is -1.29. The van der Waals surface area contributed by atoms with Gasteiger partial charge in [0.05, 0.1) is 42.2 Å². The number of hydrogen-bond donors (Lipinski definition) is 2. The van der Waals surface area contributed by atoms with Crippen LogP contribution in [0.15, 0.2) is 60.8 Å². The summed E-state index contributed by atoms with van der Waals surface area (Å²) in [6.45, 7) is 3.64. The van der Waals surface area contributed by atoms with Crippen LogP contribution in [0.5, 0.6) is 0 Å². The molecule has 232 valence electrons. The van der Waals surface area contributed by atoms with Gasteiger partial charge in [0.2, 0.25) is 0 Å². The van der Waals surface area contributed by atoms with Crippen molar-refractivity contribution in [3.8, 4) is 6.07 Å². The number of amides is 1. The van der Waals surface area contributed by atoms with Crippen molar-refractivity contribution in [1.29, 1.82) is 5.26 Å². The van der Waals surface area contributed by atoms with Gasteiger partial charge < -0.3 is 24.7 Å². The molecule has 44 heavy (non-hydrogen) atoms. The number of carbonyl (C=O) groups excluding carboxylic acids is 1. The van der Waals surface area contributed by atoms with E-state index in [9.17, 15) is 15.0 Å². The number of aliphatic hydroxyl groups excluding tert-OH is 1. The fourth-order valence-electron chi connectivity index (χ4n) is 5.84. The van der Waals surface area contributed by atoms with Gasteiger partial charge in [-0.1, -0.05) is 29.8 Å². The second kappa shape index (κ2) is 13.3. The maximum absolute atomic E-state index is 15.8. The van der Waals surface area contributed by atoms with Gasteiger partial charge in [-0.05, 0) is 101 Å². The van der Waals surface area contributed by atoms with Gasteiger partial charge in [0.15, 0.2) is 6.23 Å². The number of likely N-dealkylation sites (tertiary alicyclic amines) is 1. The summed E-state index contributed by atoms with van der Waals surface area (Å²) < 4.78 is 21.9. The summed E-state index contributed by atoms with van der Waals surface area (Å²) in [5.41, 5.74) is 0.0151. The average molecular weight is 621 g/mol. The van der Waals surface area contributed by atoms with Gasteiger partial charge in [0.25, 0.3) is 5.91 Å². The van der Waals surface area contributed by atoms with Crippen molar-refractivity contribution < 1.29 is 24.1 Å². The van der Waals surface area contributed by atoms with Gasteiger partial charge in [-0.3, -0.25) is 9.78 Å². The maximum Gasteiger partial charge on any atom is 0.257 e. The largest absolute Gasteiger partial charge is 0.396 e. The molecule has 1 saturated heterocycles. The van der Waals surface area contributed by atoms with E-state index < -0.39 is 23.6 Å². The highest BCUT2D eigenvalue weighted by Crippen LogP contribution is 2.48. The highest BCUT2D eigenvalue weighted by molar-refractivity contribution is 6.30. The lowest BCUT2D eigenvalue weighted by Gasteiger charge is -2.39. The second-order valence-corrected chi connectivity index (χ2v) is 12.8. The number of piperidine rings is 1. The molecule has 2 fully saturated rings. The molecule has 0 bridgehead atoms. The molecule has 0 radical (unpaired) electrons. The van der Waals surface area contributed by atoms with E-state index in [0.717, 1.165) is 43.8 Å². The molecule has 2 aliphatic heterocycles. The van der Waals surface area contributed by atoms with Gasteiger partial charge in [-0.2, -0.15) is 5.26 Å². The maximum atomic E-state index is 15.8. The fraction of sp³-hybridized carbons (Fsp3) is 0.441. The molecule has 8 nitrogen and oxygen atoms in total. The van der Waals surface area contributed by atoms with Gasteiger partial charge >= 0.3 is 0 Å². The number of carbonyl (C=O) groups is 1. The van der Waals surface area contributed by atoms with E-state index >= 15 is 4.39 Å². The molecule has 1 aromatic heterocycles. The average Bonchev–Trinajstić information content (AvgIpc) is 3.76. The van der Waals surface area contributed by atoms with Crippen molar-refractivity contribution in [2.75, 3.05) is 33.4 Å². The summed E-state index contributed by atoms with van der Waals surface area (Å²) in [6, 6.07) is 17.7. The van der Waals surface area contributed by atoms with Gasteiger partial charge in [0, 0.05) is 22.2 Å². The second-order valence-electron chi connectivity index (χ2n) is 12.3. The van der Waals surface area contributed by atoms with Crippen molar-refractivity contribution in [3.63, 3.8) is 0 Å². The molecule has 2 N–H and O–H groups in total. The Kier molecular flexibility index (Phi) is 9.68. The highest BCUT2D eigenvalue weighted by Gasteiger charge is 2.47. The van der Waals surface area contributed by atoms with Crippen molar-refractivity contribution in [2.45, 2.75) is 51.0 Å². The van der Waals surface area contributed by atoms with E-state index in [0.29, 0.717) is 16.8 Å². The highest BCUT2D eigenvalue weighted by atomic mass is 35.5. The fourth-order valence-corrected chi connectivity index (χ4v) is 5.99. The zero-order valence-corrected chi connectivity index (χ0v) is 25.8. The summed E-state index contributed by atoms with van der Waals surface area (Å²) in [6.07, 6.45) is 3.64. The summed E-state index contributed by atoms with van der Waals surface area (Å²) in [5.74, 6) is -1.05. The third kappa shape index (κ3) is 6.96. The van der Waals surface area contributed by atoms with Crippen molar-refractivity contribution in [2.24, 2.45) is 11.3 Å². The standard InChI is InChI=1S/C28H33FN4O4.C6H5Cl/c1-27(36,19-5-9-32(2)10-6-19)20-11-22-24(23(29)12-20)26(37-17-28(16-34)7-8-28)33(25(22)35)15-21-4-3-18(13-30)14-31-21;7-6-4-2-1-3-5-6/h3-4,11-12,14,19,26,34,36H,5-10,15-17H2,1-2H3;1-5H. The molecule has 2 atom stereocenters. The van der Waals surface area contributed by atoms with E-state index in [4.69, 9.17) is 21.6 Å². The van der Waals surface area contributed by atoms with Crippen LogP contribution >= 0.6 is 11.6 Å². The summed E-state index contributed by atoms with van der Waals surface area (Å²) in [5, 5.41) is 31.1. The van der Waals surface area contributed by atoms with Crippen LogP contribution in [-0.2, 0) is 16.9 Å². The quantitative estimate of drug-likeness (QED) is 0.346. The Labute approximate surface area is 262 Å². The monoisotopic (exact) mass is 620 g/mol. The zero-order valence-electron chi connectivity index (χ0n) is 25.0.